The van der Waals surface area contributed by atoms with E-state index >= 15 is 0 Å². The van der Waals surface area contributed by atoms with Crippen molar-refractivity contribution < 1.29 is 9.32 Å². The first-order valence-electron chi connectivity index (χ1n) is 9.01. The number of nitrogens with one attached hydrogen (secondary N) is 1. The maximum Gasteiger partial charge on any atom is 0.227 e. The van der Waals surface area contributed by atoms with Crippen LogP contribution in [0.2, 0.25) is 0 Å². The fraction of sp³-hybridized carbons (Fsp3) is 0.143. The number of aromatic nitrogens is 4. The number of carbonyl (C=O) groups is 1. The molecule has 0 unspecified atom stereocenters. The molecule has 0 aliphatic heterocycles. The molecule has 0 atom stereocenters. The largest absolute Gasteiger partial charge is 0.352 e. The van der Waals surface area contributed by atoms with E-state index in [0.29, 0.717) is 24.7 Å². The lowest BCUT2D eigenvalue weighted by molar-refractivity contribution is -0.121. The molecule has 0 aliphatic carbocycles. The van der Waals surface area contributed by atoms with Crippen molar-refractivity contribution in [2.75, 3.05) is 0 Å². The van der Waals surface area contributed by atoms with Crippen LogP contribution in [-0.4, -0.2) is 25.8 Å². The standard InChI is InChI=1S/C21H19N5O2/c27-19(10-11-20-24-21(25-28-20)17-7-2-1-3-8-17)22-15-16-6-4-9-18(14-16)26-13-5-12-23-26/h1-9,12-14H,10-11,15H2,(H,22,27). The summed E-state index contributed by atoms with van der Waals surface area (Å²) in [4.78, 5) is 16.5. The number of benzene rings is 2. The van der Waals surface area contributed by atoms with Gasteiger partial charge < -0.3 is 9.84 Å². The molecule has 2 aromatic carbocycles. The maximum absolute atomic E-state index is 12.2. The molecule has 2 heterocycles. The van der Waals surface area contributed by atoms with E-state index in [0.717, 1.165) is 16.8 Å². The van der Waals surface area contributed by atoms with Gasteiger partial charge in [-0.3, -0.25) is 4.79 Å². The Hall–Kier alpha value is -3.74. The van der Waals surface area contributed by atoms with Crippen LogP contribution >= 0.6 is 0 Å². The number of nitrogens with zero attached hydrogens (tertiary/aromatic N) is 4. The molecule has 0 spiro atoms. The quantitative estimate of drug-likeness (QED) is 0.538. The smallest absolute Gasteiger partial charge is 0.227 e. The van der Waals surface area contributed by atoms with E-state index in [1.165, 1.54) is 0 Å². The van der Waals surface area contributed by atoms with Gasteiger partial charge in [0, 0.05) is 37.3 Å². The molecule has 0 bridgehead atoms. The predicted octanol–water partition coefficient (Wildman–Crippen LogP) is 3.17. The van der Waals surface area contributed by atoms with Gasteiger partial charge in [-0.25, -0.2) is 4.68 Å². The van der Waals surface area contributed by atoms with Gasteiger partial charge in [-0.1, -0.05) is 47.6 Å². The Morgan fingerprint density at radius 3 is 2.79 bits per heavy atom. The molecule has 4 rings (SSSR count). The van der Waals surface area contributed by atoms with Crippen LogP contribution in [0.15, 0.2) is 77.6 Å². The summed E-state index contributed by atoms with van der Waals surface area (Å²) in [5, 5.41) is 11.1. The molecule has 0 aliphatic rings. The SMILES string of the molecule is O=C(CCc1nc(-c2ccccc2)no1)NCc1cccc(-n2cccn2)c1. The fourth-order valence-corrected chi connectivity index (χ4v) is 2.80. The number of carbonyl (C=O) groups excluding carboxylic acids is 1. The average molecular weight is 373 g/mol. The lowest BCUT2D eigenvalue weighted by Crippen LogP contribution is -2.23. The van der Waals surface area contributed by atoms with Gasteiger partial charge in [0.15, 0.2) is 0 Å². The van der Waals surface area contributed by atoms with Crippen LogP contribution in [0.5, 0.6) is 0 Å². The van der Waals surface area contributed by atoms with Crippen molar-refractivity contribution in [3.8, 4) is 17.1 Å². The number of rotatable bonds is 7. The van der Waals surface area contributed by atoms with Crippen LogP contribution < -0.4 is 5.32 Å². The molecule has 2 aromatic heterocycles. The monoisotopic (exact) mass is 373 g/mol. The van der Waals surface area contributed by atoms with Crippen molar-refractivity contribution in [2.24, 2.45) is 0 Å². The molecular formula is C21H19N5O2. The maximum atomic E-state index is 12.2. The zero-order valence-electron chi connectivity index (χ0n) is 15.2. The Morgan fingerprint density at radius 2 is 1.96 bits per heavy atom. The molecule has 7 heteroatoms. The van der Waals surface area contributed by atoms with Crippen molar-refractivity contribution in [3.63, 3.8) is 0 Å². The van der Waals surface area contributed by atoms with E-state index in [-0.39, 0.29) is 12.3 Å². The van der Waals surface area contributed by atoms with Crippen molar-refractivity contribution >= 4 is 5.91 Å². The second kappa shape index (κ2) is 8.30. The van der Waals surface area contributed by atoms with E-state index in [1.54, 1.807) is 10.9 Å². The molecule has 4 aromatic rings. The topological polar surface area (TPSA) is 85.8 Å². The summed E-state index contributed by atoms with van der Waals surface area (Å²) >= 11 is 0. The molecule has 0 fully saturated rings. The Bertz CT molecular complexity index is 1040. The lowest BCUT2D eigenvalue weighted by atomic mass is 10.2. The Balaban J connectivity index is 1.29. The highest BCUT2D eigenvalue weighted by Crippen LogP contribution is 2.15. The third-order valence-electron chi connectivity index (χ3n) is 4.24. The van der Waals surface area contributed by atoms with Crippen LogP contribution in [-0.2, 0) is 17.8 Å². The number of amides is 1. The molecular weight excluding hydrogens is 354 g/mol. The summed E-state index contributed by atoms with van der Waals surface area (Å²) in [6.45, 7) is 0.451. The summed E-state index contributed by atoms with van der Waals surface area (Å²) in [6, 6.07) is 19.3. The van der Waals surface area contributed by atoms with Crippen LogP contribution in [0.4, 0.5) is 0 Å². The molecule has 0 saturated carbocycles. The normalized spacial score (nSPS) is 10.7. The van der Waals surface area contributed by atoms with Gasteiger partial charge in [0.1, 0.15) is 0 Å². The average Bonchev–Trinajstić information content (AvgIpc) is 3.44. The van der Waals surface area contributed by atoms with E-state index in [4.69, 9.17) is 4.52 Å². The van der Waals surface area contributed by atoms with E-state index in [9.17, 15) is 4.79 Å². The van der Waals surface area contributed by atoms with Crippen molar-refractivity contribution in [1.82, 2.24) is 25.2 Å². The van der Waals surface area contributed by atoms with Gasteiger partial charge >= 0.3 is 0 Å². The molecule has 0 saturated heterocycles. The van der Waals surface area contributed by atoms with Crippen molar-refractivity contribution in [2.45, 2.75) is 19.4 Å². The molecule has 28 heavy (non-hydrogen) atoms. The minimum atomic E-state index is -0.0658. The zero-order valence-corrected chi connectivity index (χ0v) is 15.2. The number of hydrogen-bond acceptors (Lipinski definition) is 5. The highest BCUT2D eigenvalue weighted by molar-refractivity contribution is 5.76. The number of hydrogen-bond donors (Lipinski definition) is 1. The fourth-order valence-electron chi connectivity index (χ4n) is 2.80. The van der Waals surface area contributed by atoms with Crippen LogP contribution in [0, 0.1) is 0 Å². The van der Waals surface area contributed by atoms with Gasteiger partial charge in [0.05, 0.1) is 5.69 Å². The number of aryl methyl sites for hydroxylation is 1. The van der Waals surface area contributed by atoms with E-state index in [1.807, 2.05) is 66.9 Å². The first-order valence-corrected chi connectivity index (χ1v) is 9.01. The Labute approximate surface area is 162 Å². The van der Waals surface area contributed by atoms with Crippen LogP contribution in [0.25, 0.3) is 17.1 Å². The van der Waals surface area contributed by atoms with Crippen molar-refractivity contribution in [3.05, 3.63) is 84.5 Å². The summed E-state index contributed by atoms with van der Waals surface area (Å²) in [5.41, 5.74) is 2.85. The lowest BCUT2D eigenvalue weighted by Gasteiger charge is -2.07. The molecule has 0 radical (unpaired) electrons. The first-order chi connectivity index (χ1) is 13.8. The molecule has 7 nitrogen and oxygen atoms in total. The second-order valence-corrected chi connectivity index (χ2v) is 6.28. The van der Waals surface area contributed by atoms with Gasteiger partial charge in [-0.15, -0.1) is 0 Å². The van der Waals surface area contributed by atoms with Gasteiger partial charge in [-0.2, -0.15) is 10.1 Å². The van der Waals surface area contributed by atoms with E-state index in [2.05, 4.69) is 20.6 Å². The summed E-state index contributed by atoms with van der Waals surface area (Å²) in [6.07, 6.45) is 4.30. The third-order valence-corrected chi connectivity index (χ3v) is 4.24. The highest BCUT2D eigenvalue weighted by Gasteiger charge is 2.10. The summed E-state index contributed by atoms with van der Waals surface area (Å²) < 4.78 is 7.02. The zero-order chi connectivity index (χ0) is 19.2. The van der Waals surface area contributed by atoms with Gasteiger partial charge in [0.25, 0.3) is 0 Å². The van der Waals surface area contributed by atoms with Crippen molar-refractivity contribution in [1.29, 1.82) is 0 Å². The third kappa shape index (κ3) is 4.32. The molecule has 1 amide bonds. The first kappa shape index (κ1) is 17.7. The molecule has 140 valence electrons. The van der Waals surface area contributed by atoms with Gasteiger partial charge in [-0.05, 0) is 23.8 Å². The van der Waals surface area contributed by atoms with Crippen LogP contribution in [0.1, 0.15) is 17.9 Å². The Morgan fingerprint density at radius 1 is 1.07 bits per heavy atom. The predicted molar refractivity (Wildman–Crippen MR) is 103 cm³/mol. The minimum absolute atomic E-state index is 0.0658. The summed E-state index contributed by atoms with van der Waals surface area (Å²) in [7, 11) is 0. The minimum Gasteiger partial charge on any atom is -0.352 e. The Kier molecular flexibility index (Phi) is 5.24. The van der Waals surface area contributed by atoms with E-state index < -0.39 is 0 Å². The summed E-state index contributed by atoms with van der Waals surface area (Å²) in [5.74, 6) is 0.921. The molecule has 1 N–H and O–H groups in total. The van der Waals surface area contributed by atoms with Gasteiger partial charge in [0.2, 0.25) is 17.6 Å². The highest BCUT2D eigenvalue weighted by atomic mass is 16.5. The second-order valence-electron chi connectivity index (χ2n) is 6.28. The van der Waals surface area contributed by atoms with Crippen LogP contribution in [0.3, 0.4) is 0 Å².